The molecule has 478 valence electrons. The lowest BCUT2D eigenvalue weighted by molar-refractivity contribution is -0.158. The highest BCUT2D eigenvalue weighted by Crippen LogP contribution is 2.30. The van der Waals surface area contributed by atoms with Crippen LogP contribution >= 0.6 is 0 Å². The summed E-state index contributed by atoms with van der Waals surface area (Å²) in [5.41, 5.74) is 3.41. The maximum Gasteiger partial charge on any atom is 0.333 e. The van der Waals surface area contributed by atoms with E-state index < -0.39 is 82.3 Å². The van der Waals surface area contributed by atoms with Gasteiger partial charge in [-0.3, -0.25) is 29.2 Å². The van der Waals surface area contributed by atoms with E-state index in [0.717, 1.165) is 11.1 Å². The van der Waals surface area contributed by atoms with Crippen LogP contribution in [-0.2, 0) is 51.1 Å². The topological polar surface area (TPSA) is 240 Å². The lowest BCUT2D eigenvalue weighted by Crippen LogP contribution is -2.57. The predicted octanol–water partition coefficient (Wildman–Crippen LogP) is 12.3. The zero-order chi connectivity index (χ0) is 65.3. The third-order valence-corrected chi connectivity index (χ3v) is 14.8. The third kappa shape index (κ3) is 22.5. The summed E-state index contributed by atoms with van der Waals surface area (Å²) in [6.45, 7) is 18.2. The SMILES string of the molecule is CCOC(C(=O)NO)[C@@H](CCCc1ccc(Oc2ccccc2)c(F)c1)C(=O)N[C@H](C(=O)NC(C)c1ccccc1)C(C)(C)C.CCOC(C(=O)O)[C@@H](CCCc1ccc(Oc2ccccc2)c(F)c1)C(=O)N[C@H](C(=O)NC(C)c1ccccc1)C(C)(C)C. The van der Waals surface area contributed by atoms with Gasteiger partial charge in [0, 0.05) is 13.2 Å². The van der Waals surface area contributed by atoms with Crippen molar-refractivity contribution in [2.45, 2.75) is 144 Å². The summed E-state index contributed by atoms with van der Waals surface area (Å²) >= 11 is 0. The molecular weight excluding hydrogens is 1140 g/mol. The molecule has 0 bridgehead atoms. The molecule has 8 atom stereocenters. The fourth-order valence-corrected chi connectivity index (χ4v) is 9.94. The molecule has 0 fully saturated rings. The number of aryl methyl sites for hydroxylation is 2. The van der Waals surface area contributed by atoms with Crippen LogP contribution < -0.4 is 36.2 Å². The number of amides is 5. The number of carbonyl (C=O) groups is 6. The Hall–Kier alpha value is -8.52. The van der Waals surface area contributed by atoms with Crippen molar-refractivity contribution in [1.82, 2.24) is 26.7 Å². The van der Waals surface area contributed by atoms with Crippen molar-refractivity contribution in [3.8, 4) is 23.0 Å². The number of aliphatic carboxylic acids is 1. The third-order valence-electron chi connectivity index (χ3n) is 14.8. The summed E-state index contributed by atoms with van der Waals surface area (Å²) in [4.78, 5) is 79.2. The van der Waals surface area contributed by atoms with E-state index in [2.05, 4.69) is 21.3 Å². The largest absolute Gasteiger partial charge is 0.479 e. The van der Waals surface area contributed by atoms with Gasteiger partial charge in [0.2, 0.25) is 23.6 Å². The Labute approximate surface area is 521 Å². The number of hydrogen-bond donors (Lipinski definition) is 7. The first-order chi connectivity index (χ1) is 42.3. The van der Waals surface area contributed by atoms with Gasteiger partial charge in [0.05, 0.1) is 23.9 Å². The van der Waals surface area contributed by atoms with Gasteiger partial charge in [0.1, 0.15) is 29.7 Å². The van der Waals surface area contributed by atoms with Crippen LogP contribution in [-0.4, -0.2) is 83.3 Å². The van der Waals surface area contributed by atoms with Gasteiger partial charge in [0.15, 0.2) is 29.2 Å². The van der Waals surface area contributed by atoms with Crippen molar-refractivity contribution in [2.24, 2.45) is 22.7 Å². The molecule has 89 heavy (non-hydrogen) atoms. The molecule has 0 saturated heterocycles. The van der Waals surface area contributed by atoms with Gasteiger partial charge in [-0.15, -0.1) is 0 Å². The highest BCUT2D eigenvalue weighted by Gasteiger charge is 2.41. The molecule has 5 amide bonds. The van der Waals surface area contributed by atoms with Crippen LogP contribution in [0.2, 0.25) is 0 Å². The normalized spacial score (nSPS) is 14.1. The molecule has 17 nitrogen and oxygen atoms in total. The number of hydrogen-bond acceptors (Lipinski definition) is 11. The van der Waals surface area contributed by atoms with Crippen molar-refractivity contribution in [3.05, 3.63) is 192 Å². The first-order valence-electron chi connectivity index (χ1n) is 30.1. The van der Waals surface area contributed by atoms with Gasteiger partial charge < -0.3 is 45.3 Å². The van der Waals surface area contributed by atoms with Crippen molar-refractivity contribution < 1.29 is 66.8 Å². The minimum Gasteiger partial charge on any atom is -0.479 e. The number of carboxylic acids is 1. The van der Waals surface area contributed by atoms with Gasteiger partial charge in [-0.05, 0) is 148 Å². The van der Waals surface area contributed by atoms with Crippen molar-refractivity contribution >= 4 is 35.5 Å². The summed E-state index contributed by atoms with van der Waals surface area (Å²) in [5, 5.41) is 31.0. The number of benzene rings is 6. The zero-order valence-electron chi connectivity index (χ0n) is 52.5. The average Bonchev–Trinajstić information content (AvgIpc) is 2.95. The molecule has 0 aliphatic carbocycles. The Bertz CT molecular complexity index is 3200. The second kappa shape index (κ2) is 34.9. The Morgan fingerprint density at radius 3 is 1.15 bits per heavy atom. The monoisotopic (exact) mass is 1230 g/mol. The van der Waals surface area contributed by atoms with Crippen molar-refractivity contribution in [2.75, 3.05) is 13.2 Å². The predicted molar refractivity (Wildman–Crippen MR) is 336 cm³/mol. The van der Waals surface area contributed by atoms with E-state index in [0.29, 0.717) is 48.3 Å². The number of hydroxylamine groups is 1. The minimum absolute atomic E-state index is 0.0892. The fourth-order valence-electron chi connectivity index (χ4n) is 9.94. The Kier molecular flexibility index (Phi) is 27.9. The highest BCUT2D eigenvalue weighted by atomic mass is 19.1. The van der Waals surface area contributed by atoms with E-state index in [4.69, 9.17) is 18.9 Å². The molecule has 4 unspecified atom stereocenters. The molecule has 0 aromatic heterocycles. The molecule has 0 aliphatic heterocycles. The number of carboxylic acid groups (broad SMARTS) is 1. The Balaban J connectivity index is 0.000000324. The van der Waals surface area contributed by atoms with Crippen LogP contribution in [0.1, 0.15) is 129 Å². The van der Waals surface area contributed by atoms with E-state index in [9.17, 15) is 47.9 Å². The number of halogens is 2. The maximum absolute atomic E-state index is 14.8. The van der Waals surface area contributed by atoms with Gasteiger partial charge in [-0.1, -0.05) is 151 Å². The van der Waals surface area contributed by atoms with Gasteiger partial charge in [-0.25, -0.2) is 19.1 Å². The van der Waals surface area contributed by atoms with E-state index >= 15 is 0 Å². The molecule has 0 aliphatic rings. The molecular formula is C70H87F2N5O12. The number of carbonyl (C=O) groups excluding carboxylic acids is 5. The number of rotatable bonds is 30. The standard InChI is InChI=1S/C35H44FN3O6.C35H43FN2O6/c1-6-44-30(33(41)39-43)27(19-13-14-24-20-21-29(28(36)22-24)45-26-17-11-8-12-18-26)32(40)38-31(35(3,4)5)34(42)37-23(2)25-15-9-7-10-16-25;1-6-43-30(34(41)42)27(19-13-14-24-20-21-29(28(36)22-24)44-26-17-11-8-12-18-26)32(39)38-31(35(3,4)5)33(40)37-23(2)25-15-9-7-10-16-25/h7-12,15-18,20-23,27,30-31,43H,6,13-14,19H2,1-5H3,(H,37,42)(H,38,40)(H,39,41);7-12,15-18,20-23,27,30-31H,6,13-14,19H2,1-5H3,(H,37,40)(H,38,39)(H,41,42)/t2*23?,27-,30?,31-/m11/s1. The second-order valence-electron chi connectivity index (χ2n) is 23.8. The van der Waals surface area contributed by atoms with Gasteiger partial charge >= 0.3 is 5.97 Å². The van der Waals surface area contributed by atoms with E-state index in [1.807, 2.05) is 128 Å². The maximum atomic E-state index is 14.8. The van der Waals surface area contributed by atoms with E-state index in [1.165, 1.54) is 12.1 Å². The lowest BCUT2D eigenvalue weighted by Gasteiger charge is -2.34. The van der Waals surface area contributed by atoms with Crippen LogP contribution in [0.4, 0.5) is 8.78 Å². The second-order valence-corrected chi connectivity index (χ2v) is 23.8. The van der Waals surface area contributed by atoms with Crippen LogP contribution in [0.15, 0.2) is 158 Å². The van der Waals surface area contributed by atoms with E-state index in [1.54, 1.807) is 92.1 Å². The van der Waals surface area contributed by atoms with Crippen molar-refractivity contribution in [1.29, 1.82) is 0 Å². The zero-order valence-corrected chi connectivity index (χ0v) is 52.5. The Morgan fingerprint density at radius 2 is 0.820 bits per heavy atom. The summed E-state index contributed by atoms with van der Waals surface area (Å²) in [6.07, 6.45) is -0.874. The molecule has 7 N–H and O–H groups in total. The molecule has 0 saturated carbocycles. The lowest BCUT2D eigenvalue weighted by atomic mass is 9.84. The van der Waals surface area contributed by atoms with Crippen LogP contribution in [0.25, 0.3) is 0 Å². The minimum atomic E-state index is -1.41. The van der Waals surface area contributed by atoms with Crippen LogP contribution in [0.3, 0.4) is 0 Å². The van der Waals surface area contributed by atoms with Gasteiger partial charge in [0.25, 0.3) is 5.91 Å². The molecule has 6 aromatic rings. The molecule has 0 spiro atoms. The fraction of sp³-hybridized carbons (Fsp3) is 0.400. The summed E-state index contributed by atoms with van der Waals surface area (Å²) in [6, 6.07) is 43.5. The number of ether oxygens (including phenoxy) is 4. The molecule has 6 rings (SSSR count). The first-order valence-corrected chi connectivity index (χ1v) is 30.1. The number of para-hydroxylation sites is 2. The van der Waals surface area contributed by atoms with E-state index in [-0.39, 0.29) is 61.5 Å². The smallest absolute Gasteiger partial charge is 0.333 e. The molecule has 6 aromatic carbocycles. The molecule has 19 heteroatoms. The van der Waals surface area contributed by atoms with Gasteiger partial charge in [-0.2, -0.15) is 0 Å². The van der Waals surface area contributed by atoms with Crippen molar-refractivity contribution in [3.63, 3.8) is 0 Å². The highest BCUT2D eigenvalue weighted by molar-refractivity contribution is 5.93. The quantitative estimate of drug-likeness (QED) is 0.0165. The molecule has 0 heterocycles. The molecule has 0 radical (unpaired) electrons. The first kappa shape index (κ1) is 71.2. The van der Waals surface area contributed by atoms with Crippen LogP contribution in [0.5, 0.6) is 23.0 Å². The number of nitrogens with one attached hydrogen (secondary N) is 5. The summed E-state index contributed by atoms with van der Waals surface area (Å²) < 4.78 is 52.0. The summed E-state index contributed by atoms with van der Waals surface area (Å²) in [5.74, 6) is -6.04. The average molecular weight is 1230 g/mol. The summed E-state index contributed by atoms with van der Waals surface area (Å²) in [7, 11) is 0. The van der Waals surface area contributed by atoms with Crippen LogP contribution in [0, 0.1) is 34.3 Å². The Morgan fingerprint density at radius 1 is 0.472 bits per heavy atom.